The number of nitrogens with one attached hydrogen (secondary N) is 1. The zero-order chi connectivity index (χ0) is 14.4. The van der Waals surface area contributed by atoms with E-state index in [1.165, 1.54) is 18.6 Å². The van der Waals surface area contributed by atoms with Crippen molar-refractivity contribution in [1.29, 1.82) is 0 Å². The van der Waals surface area contributed by atoms with Gasteiger partial charge < -0.3 is 10.1 Å². The number of esters is 1. The number of hydrogen-bond donors (Lipinski definition) is 1. The summed E-state index contributed by atoms with van der Waals surface area (Å²) in [5.74, 6) is -1.18. The minimum Gasteiger partial charge on any atom is -0.451 e. The Morgan fingerprint density at radius 2 is 2.15 bits per heavy atom. The summed E-state index contributed by atoms with van der Waals surface area (Å²) >= 11 is 5.78. The van der Waals surface area contributed by atoms with Gasteiger partial charge in [-0.15, -0.1) is 0 Å². The van der Waals surface area contributed by atoms with Crippen LogP contribution < -0.4 is 5.32 Å². The Hall–Kier alpha value is -2.47. The second-order valence-electron chi connectivity index (χ2n) is 3.73. The van der Waals surface area contributed by atoms with E-state index in [2.05, 4.69) is 15.3 Å². The van der Waals surface area contributed by atoms with Crippen molar-refractivity contribution in [1.82, 2.24) is 9.97 Å². The van der Waals surface area contributed by atoms with E-state index in [9.17, 15) is 9.59 Å². The number of hydrogen-bond acceptors (Lipinski definition) is 5. The maximum Gasteiger partial charge on any atom is 0.359 e. The van der Waals surface area contributed by atoms with Crippen LogP contribution in [0.2, 0.25) is 5.02 Å². The number of rotatable bonds is 4. The van der Waals surface area contributed by atoms with E-state index in [0.717, 1.165) is 0 Å². The number of aromatic nitrogens is 2. The number of benzene rings is 1. The van der Waals surface area contributed by atoms with Gasteiger partial charge in [-0.3, -0.25) is 9.78 Å². The molecule has 1 heterocycles. The molecule has 0 fully saturated rings. The van der Waals surface area contributed by atoms with Crippen LogP contribution in [0, 0.1) is 0 Å². The van der Waals surface area contributed by atoms with Crippen LogP contribution >= 0.6 is 11.6 Å². The lowest BCUT2D eigenvalue weighted by Gasteiger charge is -2.06. The molecular formula is C13H10ClN3O3. The second kappa shape index (κ2) is 6.63. The molecule has 1 aromatic heterocycles. The maximum absolute atomic E-state index is 11.6. The van der Waals surface area contributed by atoms with Crippen LogP contribution in [0.25, 0.3) is 0 Å². The molecule has 0 aliphatic rings. The molecule has 0 unspecified atom stereocenters. The molecule has 1 aromatic carbocycles. The van der Waals surface area contributed by atoms with Crippen LogP contribution in [0.15, 0.2) is 42.9 Å². The predicted octanol–water partition coefficient (Wildman–Crippen LogP) is 1.93. The predicted molar refractivity (Wildman–Crippen MR) is 72.4 cm³/mol. The number of halogens is 1. The molecule has 1 amide bonds. The van der Waals surface area contributed by atoms with Gasteiger partial charge in [0.2, 0.25) is 0 Å². The molecule has 6 nitrogen and oxygen atoms in total. The van der Waals surface area contributed by atoms with Gasteiger partial charge in [-0.2, -0.15) is 0 Å². The van der Waals surface area contributed by atoms with Gasteiger partial charge in [0.1, 0.15) is 0 Å². The molecule has 0 bridgehead atoms. The van der Waals surface area contributed by atoms with E-state index in [-0.39, 0.29) is 5.69 Å². The normalized spacial score (nSPS) is 9.85. The van der Waals surface area contributed by atoms with Gasteiger partial charge in [0, 0.05) is 23.1 Å². The van der Waals surface area contributed by atoms with Gasteiger partial charge in [0.15, 0.2) is 12.3 Å². The van der Waals surface area contributed by atoms with E-state index in [1.807, 2.05) is 0 Å². The van der Waals surface area contributed by atoms with Crippen molar-refractivity contribution >= 4 is 29.2 Å². The highest BCUT2D eigenvalue weighted by molar-refractivity contribution is 6.30. The zero-order valence-corrected chi connectivity index (χ0v) is 11.0. The highest BCUT2D eigenvalue weighted by Gasteiger charge is 2.11. The molecule has 0 saturated heterocycles. The van der Waals surface area contributed by atoms with E-state index in [4.69, 9.17) is 16.3 Å². The van der Waals surface area contributed by atoms with Crippen molar-refractivity contribution in [3.05, 3.63) is 53.6 Å². The first kappa shape index (κ1) is 14.0. The van der Waals surface area contributed by atoms with Crippen LogP contribution in [-0.2, 0) is 9.53 Å². The van der Waals surface area contributed by atoms with Gasteiger partial charge in [-0.05, 0) is 18.2 Å². The quantitative estimate of drug-likeness (QED) is 0.871. The number of carbonyl (C=O) groups is 2. The van der Waals surface area contributed by atoms with Crippen LogP contribution in [-0.4, -0.2) is 28.5 Å². The summed E-state index contributed by atoms with van der Waals surface area (Å²) in [6, 6.07) is 6.65. The molecule has 2 rings (SSSR count). The van der Waals surface area contributed by atoms with Crippen molar-refractivity contribution in [3.8, 4) is 0 Å². The highest BCUT2D eigenvalue weighted by Crippen LogP contribution is 2.14. The van der Waals surface area contributed by atoms with E-state index >= 15 is 0 Å². The molecule has 0 spiro atoms. The van der Waals surface area contributed by atoms with Crippen molar-refractivity contribution in [2.45, 2.75) is 0 Å². The summed E-state index contributed by atoms with van der Waals surface area (Å²) in [4.78, 5) is 30.6. The van der Waals surface area contributed by atoms with Gasteiger partial charge in [0.25, 0.3) is 5.91 Å². The molecule has 0 saturated carbocycles. The van der Waals surface area contributed by atoms with E-state index in [1.54, 1.807) is 24.3 Å². The zero-order valence-electron chi connectivity index (χ0n) is 10.2. The second-order valence-corrected chi connectivity index (χ2v) is 4.16. The summed E-state index contributed by atoms with van der Waals surface area (Å²) in [6.45, 7) is -0.415. The summed E-state index contributed by atoms with van der Waals surface area (Å²) in [6.07, 6.45) is 4.06. The monoisotopic (exact) mass is 291 g/mol. The number of carbonyl (C=O) groups excluding carboxylic acids is 2. The van der Waals surface area contributed by atoms with E-state index in [0.29, 0.717) is 10.7 Å². The summed E-state index contributed by atoms with van der Waals surface area (Å²) in [7, 11) is 0. The fraction of sp³-hybridized carbons (Fsp3) is 0.0769. The Bertz CT molecular complexity index is 619. The Balaban J connectivity index is 1.85. The third kappa shape index (κ3) is 4.03. The van der Waals surface area contributed by atoms with Gasteiger partial charge in [-0.1, -0.05) is 17.7 Å². The lowest BCUT2D eigenvalue weighted by Crippen LogP contribution is -2.21. The summed E-state index contributed by atoms with van der Waals surface area (Å²) < 4.78 is 4.81. The van der Waals surface area contributed by atoms with E-state index < -0.39 is 18.5 Å². The average Bonchev–Trinajstić information content (AvgIpc) is 2.46. The van der Waals surface area contributed by atoms with Gasteiger partial charge >= 0.3 is 5.97 Å². The van der Waals surface area contributed by atoms with Crippen LogP contribution in [0.1, 0.15) is 10.5 Å². The first-order valence-electron chi connectivity index (χ1n) is 5.64. The van der Waals surface area contributed by atoms with Crippen molar-refractivity contribution < 1.29 is 14.3 Å². The molecule has 0 atom stereocenters. The molecule has 7 heteroatoms. The third-order valence-electron chi connectivity index (χ3n) is 2.22. The first-order valence-corrected chi connectivity index (χ1v) is 6.01. The topological polar surface area (TPSA) is 81.2 Å². The largest absolute Gasteiger partial charge is 0.451 e. The molecule has 1 N–H and O–H groups in total. The molecule has 102 valence electrons. The van der Waals surface area contributed by atoms with Gasteiger partial charge in [-0.25, -0.2) is 9.78 Å². The fourth-order valence-electron chi connectivity index (χ4n) is 1.37. The maximum atomic E-state index is 11.6. The van der Waals surface area contributed by atoms with Gasteiger partial charge in [0.05, 0.1) is 6.20 Å². The third-order valence-corrected chi connectivity index (χ3v) is 2.45. The van der Waals surface area contributed by atoms with Crippen LogP contribution in [0.5, 0.6) is 0 Å². The fourth-order valence-corrected chi connectivity index (χ4v) is 1.56. The molecule has 20 heavy (non-hydrogen) atoms. The molecule has 2 aromatic rings. The molecular weight excluding hydrogens is 282 g/mol. The van der Waals surface area contributed by atoms with Crippen LogP contribution in [0.3, 0.4) is 0 Å². The number of ether oxygens (including phenoxy) is 1. The molecule has 0 aliphatic heterocycles. The minimum absolute atomic E-state index is 0.0445. The minimum atomic E-state index is -0.709. The number of anilines is 1. The lowest BCUT2D eigenvalue weighted by molar-refractivity contribution is -0.119. The first-order chi connectivity index (χ1) is 9.65. The van der Waals surface area contributed by atoms with Crippen molar-refractivity contribution in [2.24, 2.45) is 0 Å². The Kier molecular flexibility index (Phi) is 4.62. The Morgan fingerprint density at radius 1 is 1.30 bits per heavy atom. The Labute approximate surface area is 119 Å². The Morgan fingerprint density at radius 3 is 2.85 bits per heavy atom. The van der Waals surface area contributed by atoms with Crippen molar-refractivity contribution in [3.63, 3.8) is 0 Å². The number of nitrogens with zero attached hydrogens (tertiary/aromatic N) is 2. The standard InChI is InChI=1S/C13H10ClN3O3/c14-9-2-1-3-10(6-9)17-12(18)8-20-13(19)11-7-15-4-5-16-11/h1-7H,8H2,(H,17,18). The van der Waals surface area contributed by atoms with Crippen molar-refractivity contribution in [2.75, 3.05) is 11.9 Å². The highest BCUT2D eigenvalue weighted by atomic mass is 35.5. The average molecular weight is 292 g/mol. The smallest absolute Gasteiger partial charge is 0.359 e. The summed E-state index contributed by atoms with van der Waals surface area (Å²) in [5, 5.41) is 3.05. The number of amides is 1. The lowest BCUT2D eigenvalue weighted by atomic mass is 10.3. The van der Waals surface area contributed by atoms with Crippen LogP contribution in [0.4, 0.5) is 5.69 Å². The summed E-state index contributed by atoms with van der Waals surface area (Å²) in [5.41, 5.74) is 0.570. The SMILES string of the molecule is O=C(COC(=O)c1cnccn1)Nc1cccc(Cl)c1. The molecule has 0 aliphatic carbocycles. The molecule has 0 radical (unpaired) electrons.